The summed E-state index contributed by atoms with van der Waals surface area (Å²) in [6, 6.07) is 9.47. The number of nitro benzene ring substituents is 1. The van der Waals surface area contributed by atoms with E-state index in [0.29, 0.717) is 26.7 Å². The third kappa shape index (κ3) is 4.18. The van der Waals surface area contributed by atoms with E-state index in [2.05, 4.69) is 31.9 Å². The summed E-state index contributed by atoms with van der Waals surface area (Å²) in [6.07, 6.45) is 1.57. The monoisotopic (exact) mass is 466 g/mol. The Hall–Kier alpha value is -2.37. The number of hydrogen-bond acceptors (Lipinski definition) is 5. The van der Waals surface area contributed by atoms with Crippen LogP contribution in [0.25, 0.3) is 11.6 Å². The molecule has 0 heterocycles. The Bertz CT molecular complexity index is 904. The maximum Gasteiger partial charge on any atom is 0.270 e. The van der Waals surface area contributed by atoms with Crippen molar-refractivity contribution in [2.45, 2.75) is 6.92 Å². The van der Waals surface area contributed by atoms with Gasteiger partial charge in [-0.15, -0.1) is 0 Å². The normalized spacial score (nSPS) is 11.0. The quantitative estimate of drug-likeness (QED) is 0.279. The van der Waals surface area contributed by atoms with Crippen molar-refractivity contribution < 1.29 is 14.8 Å². The molecule has 2 aromatic carbocycles. The largest absolute Gasteiger partial charge is 0.503 e. The lowest BCUT2D eigenvalue weighted by Crippen LogP contribution is -1.94. The van der Waals surface area contributed by atoms with Gasteiger partial charge in [0.1, 0.15) is 0 Å². The topological polar surface area (TPSA) is 96.4 Å². The van der Waals surface area contributed by atoms with Gasteiger partial charge in [-0.1, -0.05) is 12.1 Å². The van der Waals surface area contributed by atoms with Crippen molar-refractivity contribution in [1.82, 2.24) is 0 Å². The summed E-state index contributed by atoms with van der Waals surface area (Å²) in [5.74, 6) is 0.208. The van der Waals surface area contributed by atoms with E-state index in [1.807, 2.05) is 6.07 Å². The molecule has 0 saturated carbocycles. The summed E-state index contributed by atoms with van der Waals surface area (Å²) in [5, 5.41) is 30.5. The lowest BCUT2D eigenvalue weighted by Gasteiger charge is -2.11. The van der Waals surface area contributed by atoms with Crippen LogP contribution in [0.15, 0.2) is 39.3 Å². The number of aromatic hydroxyl groups is 1. The van der Waals surface area contributed by atoms with Crippen molar-refractivity contribution in [3.05, 3.63) is 60.5 Å². The first kappa shape index (κ1) is 19.0. The molecule has 0 spiro atoms. The van der Waals surface area contributed by atoms with Gasteiger partial charge in [-0.3, -0.25) is 10.1 Å². The first-order valence-electron chi connectivity index (χ1n) is 7.09. The maximum atomic E-state index is 10.9. The number of phenolic OH excluding ortho intramolecular Hbond substituents is 1. The van der Waals surface area contributed by atoms with Crippen LogP contribution in [-0.4, -0.2) is 16.6 Å². The van der Waals surface area contributed by atoms with Crippen molar-refractivity contribution >= 4 is 49.2 Å². The lowest BCUT2D eigenvalue weighted by molar-refractivity contribution is -0.384. The fourth-order valence-electron chi connectivity index (χ4n) is 2.11. The third-order valence-electron chi connectivity index (χ3n) is 3.26. The van der Waals surface area contributed by atoms with E-state index in [1.165, 1.54) is 18.2 Å². The zero-order valence-corrected chi connectivity index (χ0v) is 16.2. The van der Waals surface area contributed by atoms with Crippen LogP contribution in [0.2, 0.25) is 0 Å². The second-order valence-corrected chi connectivity index (χ2v) is 6.44. The molecule has 0 atom stereocenters. The number of nitriles is 1. The minimum Gasteiger partial charge on any atom is -0.503 e. The third-order valence-corrected chi connectivity index (χ3v) is 5.42. The van der Waals surface area contributed by atoms with Crippen LogP contribution in [0.4, 0.5) is 5.69 Å². The van der Waals surface area contributed by atoms with E-state index >= 15 is 0 Å². The average Bonchev–Trinajstić information content (AvgIpc) is 2.61. The zero-order valence-electron chi connectivity index (χ0n) is 13.0. The SMILES string of the molecule is CCOc1cc(C=C(C#N)c2cccc([N+](=O)[O-])c2)c(Br)c(Br)c1O. The Morgan fingerprint density at radius 2 is 2.12 bits per heavy atom. The van der Waals surface area contributed by atoms with Crippen LogP contribution in [0.3, 0.4) is 0 Å². The summed E-state index contributed by atoms with van der Waals surface area (Å²) in [7, 11) is 0. The second-order valence-electron chi connectivity index (χ2n) is 4.85. The van der Waals surface area contributed by atoms with E-state index in [9.17, 15) is 20.5 Å². The predicted octanol–water partition coefficient (Wildman–Crippen LogP) is 5.29. The Labute approximate surface area is 160 Å². The minimum atomic E-state index is -0.515. The van der Waals surface area contributed by atoms with Gasteiger partial charge >= 0.3 is 0 Å². The predicted molar refractivity (Wildman–Crippen MR) is 101 cm³/mol. The molecule has 8 heteroatoms. The first-order valence-corrected chi connectivity index (χ1v) is 8.68. The van der Waals surface area contributed by atoms with Gasteiger partial charge < -0.3 is 9.84 Å². The smallest absolute Gasteiger partial charge is 0.270 e. The van der Waals surface area contributed by atoms with Gasteiger partial charge in [0.05, 0.1) is 27.6 Å². The Kier molecular flexibility index (Phi) is 6.17. The number of phenols is 1. The van der Waals surface area contributed by atoms with Gasteiger partial charge in [0.25, 0.3) is 5.69 Å². The highest BCUT2D eigenvalue weighted by atomic mass is 79.9. The van der Waals surface area contributed by atoms with Crippen LogP contribution in [0.5, 0.6) is 11.5 Å². The molecule has 128 valence electrons. The van der Waals surface area contributed by atoms with E-state index in [1.54, 1.807) is 25.1 Å². The molecule has 0 amide bonds. The van der Waals surface area contributed by atoms with Crippen LogP contribution < -0.4 is 4.74 Å². The van der Waals surface area contributed by atoms with Gasteiger partial charge in [0, 0.05) is 16.6 Å². The molecule has 0 aromatic heterocycles. The summed E-state index contributed by atoms with van der Waals surface area (Å²) in [4.78, 5) is 10.4. The Morgan fingerprint density at radius 1 is 1.40 bits per heavy atom. The molecule has 0 radical (unpaired) electrons. The van der Waals surface area contributed by atoms with E-state index < -0.39 is 4.92 Å². The number of ether oxygens (including phenoxy) is 1. The van der Waals surface area contributed by atoms with Crippen LogP contribution in [0, 0.1) is 21.4 Å². The van der Waals surface area contributed by atoms with Crippen LogP contribution in [-0.2, 0) is 0 Å². The number of nitro groups is 1. The highest BCUT2D eigenvalue weighted by Gasteiger charge is 2.16. The molecule has 0 unspecified atom stereocenters. The van der Waals surface area contributed by atoms with Gasteiger partial charge in [0.15, 0.2) is 11.5 Å². The highest BCUT2D eigenvalue weighted by molar-refractivity contribution is 9.13. The molecule has 0 aliphatic rings. The van der Waals surface area contributed by atoms with Crippen molar-refractivity contribution in [3.63, 3.8) is 0 Å². The molecule has 0 aliphatic carbocycles. The number of nitrogens with zero attached hydrogens (tertiary/aromatic N) is 2. The number of allylic oxidation sites excluding steroid dienone is 1. The minimum absolute atomic E-state index is 0.0558. The number of rotatable bonds is 5. The average molecular weight is 468 g/mol. The Balaban J connectivity index is 2.59. The van der Waals surface area contributed by atoms with Crippen molar-refractivity contribution in [3.8, 4) is 17.6 Å². The van der Waals surface area contributed by atoms with Crippen molar-refractivity contribution in [1.29, 1.82) is 5.26 Å². The second kappa shape index (κ2) is 8.14. The molecule has 0 aliphatic heterocycles. The molecule has 1 N–H and O–H groups in total. The summed E-state index contributed by atoms with van der Waals surface area (Å²) in [5.41, 5.74) is 1.14. The number of non-ortho nitro benzene ring substituents is 1. The highest BCUT2D eigenvalue weighted by Crippen LogP contribution is 2.43. The van der Waals surface area contributed by atoms with Gasteiger partial charge in [-0.05, 0) is 62.1 Å². The number of halogens is 2. The van der Waals surface area contributed by atoms with Crippen LogP contribution >= 0.6 is 31.9 Å². The van der Waals surface area contributed by atoms with E-state index in [0.717, 1.165) is 0 Å². The molecule has 0 saturated heterocycles. The summed E-state index contributed by atoms with van der Waals surface area (Å²) >= 11 is 6.63. The number of hydrogen-bond donors (Lipinski definition) is 1. The van der Waals surface area contributed by atoms with Gasteiger partial charge in [-0.2, -0.15) is 5.26 Å². The molecular formula is C17H12Br2N2O4. The Morgan fingerprint density at radius 3 is 2.72 bits per heavy atom. The molecule has 2 rings (SSSR count). The van der Waals surface area contributed by atoms with E-state index in [-0.39, 0.29) is 22.8 Å². The molecule has 0 bridgehead atoms. The van der Waals surface area contributed by atoms with Crippen molar-refractivity contribution in [2.24, 2.45) is 0 Å². The fraction of sp³-hybridized carbons (Fsp3) is 0.118. The molecule has 6 nitrogen and oxygen atoms in total. The lowest BCUT2D eigenvalue weighted by atomic mass is 10.0. The summed E-state index contributed by atoms with van der Waals surface area (Å²) < 4.78 is 6.31. The fourth-order valence-corrected chi connectivity index (χ4v) is 2.95. The van der Waals surface area contributed by atoms with Gasteiger partial charge in [-0.25, -0.2) is 0 Å². The standard InChI is InChI=1S/C17H12Br2N2O4/c1-2-25-14-8-11(15(18)16(19)17(14)22)6-12(9-20)10-4-3-5-13(7-10)21(23)24/h3-8,22H,2H2,1H3. The van der Waals surface area contributed by atoms with Crippen molar-refractivity contribution in [2.75, 3.05) is 6.61 Å². The molecule has 0 fully saturated rings. The number of benzene rings is 2. The first-order chi connectivity index (χ1) is 11.9. The summed E-state index contributed by atoms with van der Waals surface area (Å²) in [6.45, 7) is 2.15. The van der Waals surface area contributed by atoms with E-state index in [4.69, 9.17) is 4.74 Å². The zero-order chi connectivity index (χ0) is 18.6. The molecular weight excluding hydrogens is 456 g/mol. The molecule has 25 heavy (non-hydrogen) atoms. The maximum absolute atomic E-state index is 10.9. The molecule has 2 aromatic rings. The van der Waals surface area contributed by atoms with Gasteiger partial charge in [0.2, 0.25) is 0 Å². The van der Waals surface area contributed by atoms with Crippen LogP contribution in [0.1, 0.15) is 18.1 Å².